The molecule has 0 radical (unpaired) electrons. The van der Waals surface area contributed by atoms with Crippen LogP contribution in [0.2, 0.25) is 0 Å². The number of pyridine rings is 2. The summed E-state index contributed by atoms with van der Waals surface area (Å²) in [5.74, 6) is -2.03. The Morgan fingerprint density at radius 3 is 0.944 bits per heavy atom. The highest BCUT2D eigenvalue weighted by atomic mass is 16.4. The molecule has 258 valence electrons. The van der Waals surface area contributed by atoms with Crippen LogP contribution in [-0.2, 0) is 0 Å². The Labute approximate surface area is 307 Å². The van der Waals surface area contributed by atoms with Crippen molar-refractivity contribution in [3.63, 3.8) is 0 Å². The summed E-state index contributed by atoms with van der Waals surface area (Å²) in [6.45, 7) is 0. The first kappa shape index (κ1) is 32.2. The molecule has 5 aromatic heterocycles. The summed E-state index contributed by atoms with van der Waals surface area (Å²) in [7, 11) is 0. The highest BCUT2D eigenvalue weighted by Crippen LogP contribution is 2.38. The molecular formula is C44H28N6O4. The number of H-pyrrole nitrogens is 2. The van der Waals surface area contributed by atoms with Gasteiger partial charge in [-0.2, -0.15) is 0 Å². The summed E-state index contributed by atoms with van der Waals surface area (Å²) >= 11 is 0. The lowest BCUT2D eigenvalue weighted by atomic mass is 10.0. The average molecular weight is 705 g/mol. The highest BCUT2D eigenvalue weighted by Gasteiger charge is 2.19. The molecule has 0 atom stereocenters. The van der Waals surface area contributed by atoms with E-state index in [4.69, 9.17) is 9.97 Å². The molecule has 9 rings (SSSR count). The third-order valence-electron chi connectivity index (χ3n) is 9.53. The second kappa shape index (κ2) is 13.1. The van der Waals surface area contributed by atoms with Crippen LogP contribution in [0.15, 0.2) is 122 Å². The molecule has 54 heavy (non-hydrogen) atoms. The van der Waals surface area contributed by atoms with E-state index in [9.17, 15) is 19.8 Å². The van der Waals surface area contributed by atoms with E-state index in [1.54, 1.807) is 73.3 Å². The predicted octanol–water partition coefficient (Wildman–Crippen LogP) is 9.51. The molecule has 7 aromatic rings. The molecule has 0 fully saturated rings. The van der Waals surface area contributed by atoms with E-state index in [0.717, 1.165) is 78.0 Å². The first-order valence-corrected chi connectivity index (χ1v) is 17.1. The van der Waals surface area contributed by atoms with Crippen LogP contribution in [0.1, 0.15) is 43.5 Å². The largest absolute Gasteiger partial charge is 0.478 e. The highest BCUT2D eigenvalue weighted by molar-refractivity contribution is 6.00. The summed E-state index contributed by atoms with van der Waals surface area (Å²) in [4.78, 5) is 49.9. The predicted molar refractivity (Wildman–Crippen MR) is 210 cm³/mol. The van der Waals surface area contributed by atoms with E-state index in [0.29, 0.717) is 11.4 Å². The van der Waals surface area contributed by atoms with Gasteiger partial charge < -0.3 is 20.2 Å². The molecule has 8 bridgehead atoms. The topological polar surface area (TPSA) is 158 Å². The number of nitrogens with one attached hydrogen (secondary N) is 2. The van der Waals surface area contributed by atoms with E-state index in [1.807, 2.05) is 72.8 Å². The molecule has 10 nitrogen and oxygen atoms in total. The van der Waals surface area contributed by atoms with Crippen LogP contribution in [0.25, 0.3) is 90.9 Å². The molecule has 0 spiro atoms. The maximum absolute atomic E-state index is 11.8. The Kier molecular flexibility index (Phi) is 7.82. The van der Waals surface area contributed by atoms with Crippen molar-refractivity contribution < 1.29 is 19.8 Å². The van der Waals surface area contributed by atoms with Gasteiger partial charge in [0.1, 0.15) is 0 Å². The lowest BCUT2D eigenvalue weighted by Gasteiger charge is -2.07. The number of carboxylic acids is 2. The number of hydrogen-bond acceptors (Lipinski definition) is 6. The normalized spacial score (nSPS) is 11.9. The number of aromatic nitrogens is 6. The Morgan fingerprint density at radius 2 is 0.667 bits per heavy atom. The van der Waals surface area contributed by atoms with Gasteiger partial charge in [0.25, 0.3) is 0 Å². The minimum Gasteiger partial charge on any atom is -0.478 e. The Hall–Kier alpha value is -7.72. The summed E-state index contributed by atoms with van der Waals surface area (Å²) in [6, 6.07) is 29.3. The van der Waals surface area contributed by atoms with Crippen molar-refractivity contribution in [1.29, 1.82) is 0 Å². The molecule has 4 N–H and O–H groups in total. The van der Waals surface area contributed by atoms with Gasteiger partial charge in [-0.1, -0.05) is 24.3 Å². The second-order valence-electron chi connectivity index (χ2n) is 12.7. The van der Waals surface area contributed by atoms with E-state index in [-0.39, 0.29) is 11.1 Å². The monoisotopic (exact) mass is 704 g/mol. The first-order valence-electron chi connectivity index (χ1n) is 17.1. The number of nitrogens with zero attached hydrogens (tertiary/aromatic N) is 4. The summed E-state index contributed by atoms with van der Waals surface area (Å²) in [6.07, 6.45) is 14.9. The van der Waals surface area contributed by atoms with Crippen molar-refractivity contribution in [2.45, 2.75) is 0 Å². The lowest BCUT2D eigenvalue weighted by Crippen LogP contribution is -1.96. The van der Waals surface area contributed by atoms with Crippen LogP contribution >= 0.6 is 0 Å². The van der Waals surface area contributed by atoms with Crippen molar-refractivity contribution in [3.8, 4) is 44.5 Å². The molecule has 0 saturated carbocycles. The van der Waals surface area contributed by atoms with Crippen LogP contribution in [0, 0.1) is 0 Å². The van der Waals surface area contributed by atoms with E-state index in [1.165, 1.54) is 0 Å². The third-order valence-corrected chi connectivity index (χ3v) is 9.53. The van der Waals surface area contributed by atoms with Gasteiger partial charge in [-0.15, -0.1) is 0 Å². The van der Waals surface area contributed by atoms with Crippen LogP contribution in [-0.4, -0.2) is 52.1 Å². The minimum absolute atomic E-state index is 0.174. The number of fused-ring (bicyclic) bond motifs is 8. The molecule has 0 amide bonds. The van der Waals surface area contributed by atoms with Crippen LogP contribution in [0.5, 0.6) is 0 Å². The standard InChI is InChI=1S/C44H28N6O4/c51-43(52)29-5-1-25(2-6-29)39-31-9-10-32(47-31)40(26-3-7-30(8-4-26)44(53)54)34-12-14-36(49-34)42(28-19-23-46-24-20-28)38-16-15-37(50-38)41(27-17-21-45-22-18-27)35-13-11-33(39)48-35/h1-24,48-49H,(H,51,52)(H,53,54). The molecule has 0 saturated heterocycles. The number of benzene rings is 2. The molecular weight excluding hydrogens is 677 g/mol. The number of carboxylic acid groups (broad SMARTS) is 2. The van der Waals surface area contributed by atoms with Gasteiger partial charge in [-0.25, -0.2) is 19.6 Å². The molecule has 2 aromatic carbocycles. The molecule has 2 aliphatic rings. The van der Waals surface area contributed by atoms with Gasteiger partial charge in [0.2, 0.25) is 0 Å². The maximum Gasteiger partial charge on any atom is 0.335 e. The molecule has 2 aliphatic heterocycles. The minimum atomic E-state index is -1.01. The van der Waals surface area contributed by atoms with E-state index >= 15 is 0 Å². The number of aromatic carboxylic acids is 2. The third kappa shape index (κ3) is 5.73. The molecule has 0 unspecified atom stereocenters. The summed E-state index contributed by atoms with van der Waals surface area (Å²) in [5, 5.41) is 19.3. The smallest absolute Gasteiger partial charge is 0.335 e. The van der Waals surface area contributed by atoms with Crippen LogP contribution in [0.4, 0.5) is 0 Å². The lowest BCUT2D eigenvalue weighted by molar-refractivity contribution is 0.0686. The van der Waals surface area contributed by atoms with Crippen LogP contribution in [0.3, 0.4) is 0 Å². The fourth-order valence-electron chi connectivity index (χ4n) is 7.02. The van der Waals surface area contributed by atoms with Crippen molar-refractivity contribution in [2.24, 2.45) is 0 Å². The van der Waals surface area contributed by atoms with Crippen molar-refractivity contribution in [1.82, 2.24) is 29.9 Å². The zero-order valence-electron chi connectivity index (χ0n) is 28.4. The van der Waals surface area contributed by atoms with Gasteiger partial charge in [0, 0.05) is 69.1 Å². The number of hydrogen-bond donors (Lipinski definition) is 4. The fraction of sp³-hybridized carbons (Fsp3) is 0. The van der Waals surface area contributed by atoms with Crippen molar-refractivity contribution in [2.75, 3.05) is 0 Å². The first-order chi connectivity index (χ1) is 26.4. The van der Waals surface area contributed by atoms with Gasteiger partial charge in [0.15, 0.2) is 0 Å². The summed E-state index contributed by atoms with van der Waals surface area (Å²) in [5.41, 5.74) is 13.0. The molecule has 7 heterocycles. The van der Waals surface area contributed by atoms with Crippen LogP contribution < -0.4 is 0 Å². The average Bonchev–Trinajstić information content (AvgIpc) is 4.04. The SMILES string of the molecule is O=C(O)c1ccc(-c2c3nc(c(-c4ccc(C(=O)O)cc4)c4ccc([nH]4)c(-c4ccncc4)c4nc(c(-c5ccncc5)c5ccc2[nH]5)C=C4)C=C3)cc1. The number of rotatable bonds is 6. The quantitative estimate of drug-likeness (QED) is 0.133. The Morgan fingerprint density at radius 1 is 0.389 bits per heavy atom. The fourth-order valence-corrected chi connectivity index (χ4v) is 7.02. The van der Waals surface area contributed by atoms with Crippen molar-refractivity contribution >= 4 is 58.3 Å². The van der Waals surface area contributed by atoms with Gasteiger partial charge in [-0.05, 0) is 119 Å². The van der Waals surface area contributed by atoms with E-state index < -0.39 is 11.9 Å². The Balaban J connectivity index is 1.45. The maximum atomic E-state index is 11.8. The number of carbonyl (C=O) groups is 2. The van der Waals surface area contributed by atoms with Gasteiger partial charge in [-0.3, -0.25) is 9.97 Å². The zero-order valence-corrected chi connectivity index (χ0v) is 28.4. The van der Waals surface area contributed by atoms with Gasteiger partial charge in [0.05, 0.1) is 33.9 Å². The second-order valence-corrected chi connectivity index (χ2v) is 12.7. The van der Waals surface area contributed by atoms with E-state index in [2.05, 4.69) is 19.9 Å². The van der Waals surface area contributed by atoms with Crippen molar-refractivity contribution in [3.05, 3.63) is 156 Å². The zero-order chi connectivity index (χ0) is 36.8. The van der Waals surface area contributed by atoms with Gasteiger partial charge >= 0.3 is 11.9 Å². The molecule has 0 aliphatic carbocycles. The number of aromatic amines is 2. The molecule has 10 heteroatoms. The Bertz CT molecular complexity index is 2670. The summed E-state index contributed by atoms with van der Waals surface area (Å²) < 4.78 is 0.